The number of nitrogens with one attached hydrogen (secondary N) is 1. The standard InChI is InChI=1S/C34H36ClN3O5S/c1-4-36-34(40)32(22-26-13-7-5-8-14-26)37(23-27-15-11-16-28(21-27)43-3)33(39)24-38(31-20-12-19-30(35)25(31)2)44(41,42)29-17-9-6-10-18-29/h5-21,32H,4,22-24H2,1-3H3,(H,36,40). The summed E-state index contributed by atoms with van der Waals surface area (Å²) in [4.78, 5) is 29.5. The van der Waals surface area contributed by atoms with Gasteiger partial charge in [-0.05, 0) is 66.9 Å². The van der Waals surface area contributed by atoms with Crippen LogP contribution in [-0.4, -0.2) is 51.4 Å². The number of amides is 2. The summed E-state index contributed by atoms with van der Waals surface area (Å²) in [7, 11) is -2.66. The molecule has 8 nitrogen and oxygen atoms in total. The Morgan fingerprint density at radius 1 is 0.886 bits per heavy atom. The molecular weight excluding hydrogens is 598 g/mol. The lowest BCUT2D eigenvalue weighted by Gasteiger charge is -2.34. The van der Waals surface area contributed by atoms with Gasteiger partial charge in [0.25, 0.3) is 10.0 Å². The van der Waals surface area contributed by atoms with Crippen LogP contribution in [0.5, 0.6) is 5.75 Å². The third kappa shape index (κ3) is 7.78. The molecule has 0 aliphatic heterocycles. The maximum atomic E-state index is 14.5. The SMILES string of the molecule is CCNC(=O)C(Cc1ccccc1)N(Cc1cccc(OC)c1)C(=O)CN(c1cccc(Cl)c1C)S(=O)(=O)c1ccccc1. The van der Waals surface area contributed by atoms with Crippen LogP contribution in [0.1, 0.15) is 23.6 Å². The van der Waals surface area contributed by atoms with Crippen molar-refractivity contribution in [3.63, 3.8) is 0 Å². The number of ether oxygens (including phenoxy) is 1. The summed E-state index contributed by atoms with van der Waals surface area (Å²) in [5, 5.41) is 3.22. The van der Waals surface area contributed by atoms with E-state index in [4.69, 9.17) is 16.3 Å². The summed E-state index contributed by atoms with van der Waals surface area (Å²) in [5.74, 6) is -0.307. The Labute approximate surface area is 264 Å². The first kappa shape index (κ1) is 32.6. The van der Waals surface area contributed by atoms with Gasteiger partial charge in [0.2, 0.25) is 11.8 Å². The van der Waals surface area contributed by atoms with Crippen molar-refractivity contribution in [2.24, 2.45) is 0 Å². The lowest BCUT2D eigenvalue weighted by atomic mass is 10.0. The number of carbonyl (C=O) groups is 2. The van der Waals surface area contributed by atoms with Crippen LogP contribution in [0.25, 0.3) is 0 Å². The van der Waals surface area contributed by atoms with Crippen LogP contribution in [0.3, 0.4) is 0 Å². The topological polar surface area (TPSA) is 96.0 Å². The number of likely N-dealkylation sites (N-methyl/N-ethyl adjacent to an activating group) is 1. The molecule has 0 radical (unpaired) electrons. The van der Waals surface area contributed by atoms with Crippen molar-refractivity contribution in [3.8, 4) is 5.75 Å². The van der Waals surface area contributed by atoms with Crippen molar-refractivity contribution >= 4 is 39.1 Å². The minimum Gasteiger partial charge on any atom is -0.497 e. The number of nitrogens with zero attached hydrogens (tertiary/aromatic N) is 2. The van der Waals surface area contributed by atoms with E-state index in [2.05, 4.69) is 5.32 Å². The maximum absolute atomic E-state index is 14.5. The zero-order valence-corrected chi connectivity index (χ0v) is 26.5. The third-order valence-corrected chi connectivity index (χ3v) is 9.41. The predicted molar refractivity (Wildman–Crippen MR) is 173 cm³/mol. The molecule has 44 heavy (non-hydrogen) atoms. The molecular formula is C34H36ClN3O5S. The highest BCUT2D eigenvalue weighted by molar-refractivity contribution is 7.92. The number of hydrogen-bond acceptors (Lipinski definition) is 5. The maximum Gasteiger partial charge on any atom is 0.264 e. The summed E-state index contributed by atoms with van der Waals surface area (Å²) >= 11 is 6.42. The molecule has 230 valence electrons. The first-order valence-electron chi connectivity index (χ1n) is 14.2. The summed E-state index contributed by atoms with van der Waals surface area (Å²) in [6, 6.07) is 28.5. The largest absolute Gasteiger partial charge is 0.497 e. The quantitative estimate of drug-likeness (QED) is 0.206. The van der Waals surface area contributed by atoms with Gasteiger partial charge in [-0.1, -0.05) is 78.3 Å². The molecule has 1 unspecified atom stereocenters. The van der Waals surface area contributed by atoms with E-state index in [1.54, 1.807) is 68.6 Å². The van der Waals surface area contributed by atoms with Gasteiger partial charge in [0, 0.05) is 24.5 Å². The average molecular weight is 634 g/mol. The van der Waals surface area contributed by atoms with E-state index in [0.717, 1.165) is 15.4 Å². The fourth-order valence-corrected chi connectivity index (χ4v) is 6.58. The van der Waals surface area contributed by atoms with E-state index >= 15 is 0 Å². The van der Waals surface area contributed by atoms with Gasteiger partial charge in [-0.3, -0.25) is 13.9 Å². The molecule has 0 aromatic heterocycles. The molecule has 4 rings (SSSR count). The molecule has 2 amide bonds. The van der Waals surface area contributed by atoms with Crippen LogP contribution in [-0.2, 0) is 32.6 Å². The smallest absolute Gasteiger partial charge is 0.264 e. The number of sulfonamides is 1. The minimum atomic E-state index is -4.21. The van der Waals surface area contributed by atoms with E-state index in [-0.39, 0.29) is 29.5 Å². The lowest BCUT2D eigenvalue weighted by Crippen LogP contribution is -2.53. The molecule has 4 aromatic rings. The molecule has 0 aliphatic carbocycles. The zero-order chi connectivity index (χ0) is 31.7. The normalized spacial score (nSPS) is 11.8. The fourth-order valence-electron chi connectivity index (χ4n) is 4.91. The Balaban J connectivity index is 1.83. The number of halogens is 1. The summed E-state index contributed by atoms with van der Waals surface area (Å²) in [6.45, 7) is 3.35. The Kier molecular flexibility index (Phi) is 11.0. The van der Waals surface area contributed by atoms with E-state index in [0.29, 0.717) is 22.9 Å². The molecule has 0 saturated carbocycles. The second-order valence-electron chi connectivity index (χ2n) is 10.2. The highest BCUT2D eigenvalue weighted by Crippen LogP contribution is 2.31. The zero-order valence-electron chi connectivity index (χ0n) is 24.9. The Morgan fingerprint density at radius 2 is 1.52 bits per heavy atom. The first-order chi connectivity index (χ1) is 21.1. The Bertz CT molecular complexity index is 1680. The third-order valence-electron chi connectivity index (χ3n) is 7.23. The van der Waals surface area contributed by atoms with Crippen molar-refractivity contribution in [1.82, 2.24) is 10.2 Å². The van der Waals surface area contributed by atoms with Gasteiger partial charge in [-0.2, -0.15) is 0 Å². The molecule has 1 N–H and O–H groups in total. The van der Waals surface area contributed by atoms with Crippen LogP contribution in [0.2, 0.25) is 5.02 Å². The van der Waals surface area contributed by atoms with Gasteiger partial charge in [0.15, 0.2) is 0 Å². The summed E-state index contributed by atoms with van der Waals surface area (Å²) in [6.07, 6.45) is 0.226. The van der Waals surface area contributed by atoms with Gasteiger partial charge < -0.3 is 15.0 Å². The molecule has 0 spiro atoms. The van der Waals surface area contributed by atoms with Gasteiger partial charge in [-0.15, -0.1) is 0 Å². The molecule has 4 aromatic carbocycles. The second kappa shape index (κ2) is 14.9. The molecule has 0 heterocycles. The van der Waals surface area contributed by atoms with Crippen LogP contribution in [0.15, 0.2) is 108 Å². The van der Waals surface area contributed by atoms with Crippen molar-refractivity contribution in [1.29, 1.82) is 0 Å². The molecule has 1 atom stereocenters. The number of carbonyl (C=O) groups excluding carboxylic acids is 2. The fraction of sp³-hybridized carbons (Fsp3) is 0.235. The molecule has 0 aliphatic rings. The van der Waals surface area contributed by atoms with E-state index in [1.165, 1.54) is 17.0 Å². The molecule has 0 bridgehead atoms. The second-order valence-corrected chi connectivity index (χ2v) is 12.5. The van der Waals surface area contributed by atoms with Gasteiger partial charge in [-0.25, -0.2) is 8.42 Å². The van der Waals surface area contributed by atoms with Crippen LogP contribution < -0.4 is 14.4 Å². The first-order valence-corrected chi connectivity index (χ1v) is 16.0. The molecule has 10 heteroatoms. The van der Waals surface area contributed by atoms with Crippen molar-refractivity contribution in [2.45, 2.75) is 37.8 Å². The minimum absolute atomic E-state index is 0.0242. The van der Waals surface area contributed by atoms with Crippen LogP contribution >= 0.6 is 11.6 Å². The number of anilines is 1. The summed E-state index contributed by atoms with van der Waals surface area (Å²) in [5.41, 5.74) is 2.35. The van der Waals surface area contributed by atoms with E-state index < -0.39 is 28.5 Å². The van der Waals surface area contributed by atoms with Gasteiger partial charge in [0.05, 0.1) is 17.7 Å². The number of rotatable bonds is 13. The van der Waals surface area contributed by atoms with Gasteiger partial charge >= 0.3 is 0 Å². The van der Waals surface area contributed by atoms with Crippen molar-refractivity contribution in [2.75, 3.05) is 24.5 Å². The number of methoxy groups -OCH3 is 1. The van der Waals surface area contributed by atoms with Crippen LogP contribution in [0.4, 0.5) is 5.69 Å². The Hall–Kier alpha value is -4.34. The lowest BCUT2D eigenvalue weighted by molar-refractivity contribution is -0.140. The predicted octanol–water partition coefficient (Wildman–Crippen LogP) is 5.63. The average Bonchev–Trinajstić information content (AvgIpc) is 3.04. The van der Waals surface area contributed by atoms with E-state index in [9.17, 15) is 18.0 Å². The number of hydrogen-bond donors (Lipinski definition) is 1. The van der Waals surface area contributed by atoms with Crippen molar-refractivity contribution in [3.05, 3.63) is 125 Å². The van der Waals surface area contributed by atoms with Crippen LogP contribution in [0, 0.1) is 6.92 Å². The van der Waals surface area contributed by atoms with E-state index in [1.807, 2.05) is 43.3 Å². The highest BCUT2D eigenvalue weighted by atomic mass is 35.5. The monoisotopic (exact) mass is 633 g/mol. The highest BCUT2D eigenvalue weighted by Gasteiger charge is 2.35. The summed E-state index contributed by atoms with van der Waals surface area (Å²) < 4.78 is 34.7. The molecule has 0 saturated heterocycles. The van der Waals surface area contributed by atoms with Crippen molar-refractivity contribution < 1.29 is 22.7 Å². The van der Waals surface area contributed by atoms with Gasteiger partial charge in [0.1, 0.15) is 18.3 Å². The number of benzene rings is 4. The Morgan fingerprint density at radius 3 is 2.18 bits per heavy atom. The molecule has 0 fully saturated rings.